The molecule has 0 aromatic heterocycles. The second-order valence-electron chi connectivity index (χ2n) is 5.25. The van der Waals surface area contributed by atoms with Gasteiger partial charge in [0.25, 0.3) is 0 Å². The van der Waals surface area contributed by atoms with Crippen molar-refractivity contribution in [3.63, 3.8) is 0 Å². The lowest BCUT2D eigenvalue weighted by Gasteiger charge is -2.14. The quantitative estimate of drug-likeness (QED) is 0.449. The zero-order valence-corrected chi connectivity index (χ0v) is 12.1. The number of allylic oxidation sites excluding steroid dienone is 3. The third-order valence-corrected chi connectivity index (χ3v) is 3.07. The number of hydrogen-bond donors (Lipinski definition) is 1. The van der Waals surface area contributed by atoms with Gasteiger partial charge in [0.1, 0.15) is 0 Å². The van der Waals surface area contributed by atoms with Gasteiger partial charge in [-0.2, -0.15) is 0 Å². The molecule has 0 heterocycles. The van der Waals surface area contributed by atoms with E-state index in [1.807, 2.05) is 6.08 Å². The van der Waals surface area contributed by atoms with Crippen molar-refractivity contribution in [1.82, 2.24) is 0 Å². The highest BCUT2D eigenvalue weighted by Gasteiger charge is 2.09. The van der Waals surface area contributed by atoms with E-state index in [1.165, 1.54) is 24.8 Å². The second-order valence-corrected chi connectivity index (χ2v) is 5.25. The van der Waals surface area contributed by atoms with Crippen LogP contribution in [-0.4, -0.2) is 11.2 Å². The summed E-state index contributed by atoms with van der Waals surface area (Å²) in [6.45, 7) is 8.58. The van der Waals surface area contributed by atoms with Gasteiger partial charge in [0, 0.05) is 0 Å². The molecule has 0 aliphatic carbocycles. The van der Waals surface area contributed by atoms with Crippen molar-refractivity contribution in [3.05, 3.63) is 23.8 Å². The fraction of sp³-hybridized carbons (Fsp3) is 0.750. The molecule has 0 fully saturated rings. The average Bonchev–Trinajstić information content (AvgIpc) is 2.27. The van der Waals surface area contributed by atoms with Crippen LogP contribution in [0.5, 0.6) is 0 Å². The van der Waals surface area contributed by atoms with Crippen molar-refractivity contribution in [3.8, 4) is 0 Å². The van der Waals surface area contributed by atoms with E-state index < -0.39 is 0 Å². The second kappa shape index (κ2) is 10.6. The maximum absolute atomic E-state index is 9.93. The molecule has 1 heteroatoms. The van der Waals surface area contributed by atoms with Gasteiger partial charge in [0.2, 0.25) is 0 Å². The molecule has 1 N–H and O–H groups in total. The lowest BCUT2D eigenvalue weighted by atomic mass is 9.97. The summed E-state index contributed by atoms with van der Waals surface area (Å²) >= 11 is 0. The van der Waals surface area contributed by atoms with Gasteiger partial charge in [-0.15, -0.1) is 0 Å². The highest BCUT2D eigenvalue weighted by Crippen LogP contribution is 2.14. The van der Waals surface area contributed by atoms with E-state index in [0.29, 0.717) is 5.92 Å². The van der Waals surface area contributed by atoms with Crippen LogP contribution in [0.15, 0.2) is 23.8 Å². The Morgan fingerprint density at radius 3 is 2.47 bits per heavy atom. The van der Waals surface area contributed by atoms with Gasteiger partial charge in [0.15, 0.2) is 0 Å². The van der Waals surface area contributed by atoms with Crippen molar-refractivity contribution in [2.75, 3.05) is 0 Å². The first-order chi connectivity index (χ1) is 8.07. The molecule has 17 heavy (non-hydrogen) atoms. The maximum atomic E-state index is 9.93. The first-order valence-electron chi connectivity index (χ1n) is 7.06. The lowest BCUT2D eigenvalue weighted by Crippen LogP contribution is -2.14. The van der Waals surface area contributed by atoms with Crippen molar-refractivity contribution < 1.29 is 5.11 Å². The minimum atomic E-state index is -0.276. The first kappa shape index (κ1) is 16.4. The molecule has 2 atom stereocenters. The molecule has 100 valence electrons. The SMILES string of the molecule is CCCCC/C=C/[C@H](O)[C@H](C)CCC=C(C)C. The fourth-order valence-electron chi connectivity index (χ4n) is 1.74. The van der Waals surface area contributed by atoms with E-state index in [-0.39, 0.29) is 6.10 Å². The van der Waals surface area contributed by atoms with Gasteiger partial charge in [-0.3, -0.25) is 0 Å². The minimum Gasteiger partial charge on any atom is -0.389 e. The van der Waals surface area contributed by atoms with Gasteiger partial charge in [0.05, 0.1) is 6.10 Å². The van der Waals surface area contributed by atoms with Gasteiger partial charge >= 0.3 is 0 Å². The summed E-state index contributed by atoms with van der Waals surface area (Å²) in [4.78, 5) is 0. The Labute approximate surface area is 108 Å². The number of hydrogen-bond acceptors (Lipinski definition) is 1. The minimum absolute atomic E-state index is 0.276. The van der Waals surface area contributed by atoms with Crippen LogP contribution in [-0.2, 0) is 0 Å². The molecule has 0 aromatic carbocycles. The molecule has 0 aromatic rings. The molecular formula is C16H30O. The molecule has 0 rings (SSSR count). The fourth-order valence-corrected chi connectivity index (χ4v) is 1.74. The topological polar surface area (TPSA) is 20.2 Å². The van der Waals surface area contributed by atoms with E-state index in [1.54, 1.807) is 0 Å². The molecule has 0 spiro atoms. The van der Waals surface area contributed by atoms with Gasteiger partial charge < -0.3 is 5.11 Å². The summed E-state index contributed by atoms with van der Waals surface area (Å²) in [5, 5.41) is 9.93. The van der Waals surface area contributed by atoms with Crippen molar-refractivity contribution in [1.29, 1.82) is 0 Å². The number of aliphatic hydroxyl groups is 1. The Bertz CT molecular complexity index is 224. The average molecular weight is 238 g/mol. The Balaban J connectivity index is 3.72. The summed E-state index contributed by atoms with van der Waals surface area (Å²) < 4.78 is 0. The van der Waals surface area contributed by atoms with Crippen LogP contribution in [0.25, 0.3) is 0 Å². The highest BCUT2D eigenvalue weighted by atomic mass is 16.3. The van der Waals surface area contributed by atoms with Crippen LogP contribution in [0.4, 0.5) is 0 Å². The van der Waals surface area contributed by atoms with E-state index >= 15 is 0 Å². The van der Waals surface area contributed by atoms with Crippen molar-refractivity contribution in [2.24, 2.45) is 5.92 Å². The van der Waals surface area contributed by atoms with Crippen LogP contribution in [0.3, 0.4) is 0 Å². The summed E-state index contributed by atoms with van der Waals surface area (Å²) in [5.41, 5.74) is 1.36. The largest absolute Gasteiger partial charge is 0.389 e. The van der Waals surface area contributed by atoms with Crippen LogP contribution in [0.2, 0.25) is 0 Å². The predicted molar refractivity (Wildman–Crippen MR) is 77.1 cm³/mol. The third-order valence-electron chi connectivity index (χ3n) is 3.07. The Hall–Kier alpha value is -0.560. The van der Waals surface area contributed by atoms with E-state index in [4.69, 9.17) is 0 Å². The van der Waals surface area contributed by atoms with Crippen molar-refractivity contribution in [2.45, 2.75) is 72.3 Å². The van der Waals surface area contributed by atoms with E-state index in [2.05, 4.69) is 39.8 Å². The summed E-state index contributed by atoms with van der Waals surface area (Å²) in [6, 6.07) is 0. The number of aliphatic hydroxyl groups excluding tert-OH is 1. The molecule has 0 saturated heterocycles. The summed E-state index contributed by atoms with van der Waals surface area (Å²) in [7, 11) is 0. The standard InChI is InChI=1S/C16H30O/c1-5-6-7-8-9-13-16(17)15(4)12-10-11-14(2)3/h9,11,13,15-17H,5-8,10,12H2,1-4H3/b13-9+/t15-,16+/m1/s1. The van der Waals surface area contributed by atoms with Crippen molar-refractivity contribution >= 4 is 0 Å². The van der Waals surface area contributed by atoms with E-state index in [9.17, 15) is 5.11 Å². The number of unbranched alkanes of at least 4 members (excludes halogenated alkanes) is 3. The van der Waals surface area contributed by atoms with Crippen LogP contribution in [0.1, 0.15) is 66.2 Å². The Morgan fingerprint density at radius 2 is 1.88 bits per heavy atom. The smallest absolute Gasteiger partial charge is 0.0746 e. The molecule has 0 aliphatic rings. The third kappa shape index (κ3) is 10.3. The van der Waals surface area contributed by atoms with Crippen LogP contribution >= 0.6 is 0 Å². The predicted octanol–water partition coefficient (Wildman–Crippen LogP) is 4.87. The zero-order valence-electron chi connectivity index (χ0n) is 12.1. The summed E-state index contributed by atoms with van der Waals surface area (Å²) in [5.74, 6) is 0.355. The molecule has 0 bridgehead atoms. The van der Waals surface area contributed by atoms with E-state index in [0.717, 1.165) is 19.3 Å². The maximum Gasteiger partial charge on any atom is 0.0746 e. The van der Waals surface area contributed by atoms with Gasteiger partial charge in [-0.25, -0.2) is 0 Å². The highest BCUT2D eigenvalue weighted by molar-refractivity contribution is 4.95. The molecule has 0 saturated carbocycles. The van der Waals surface area contributed by atoms with Gasteiger partial charge in [-0.1, -0.05) is 50.5 Å². The molecular weight excluding hydrogens is 208 g/mol. The Kier molecular flexibility index (Phi) is 10.2. The molecule has 0 amide bonds. The molecule has 0 radical (unpaired) electrons. The zero-order chi connectivity index (χ0) is 13.1. The molecule has 0 unspecified atom stereocenters. The van der Waals surface area contributed by atoms with Crippen LogP contribution < -0.4 is 0 Å². The van der Waals surface area contributed by atoms with Crippen LogP contribution in [0, 0.1) is 5.92 Å². The summed E-state index contributed by atoms with van der Waals surface area (Å²) in [6.07, 6.45) is 13.1. The molecule has 1 nitrogen and oxygen atoms in total. The molecule has 0 aliphatic heterocycles. The monoisotopic (exact) mass is 238 g/mol. The number of rotatable bonds is 9. The Morgan fingerprint density at radius 1 is 1.18 bits per heavy atom. The van der Waals surface area contributed by atoms with Gasteiger partial charge in [-0.05, 0) is 45.4 Å². The first-order valence-corrected chi connectivity index (χ1v) is 7.06. The normalized spacial score (nSPS) is 14.9. The lowest BCUT2D eigenvalue weighted by molar-refractivity contribution is 0.157.